The number of rotatable bonds is 6. The predicted octanol–water partition coefficient (Wildman–Crippen LogP) is 3.24. The van der Waals surface area contributed by atoms with E-state index in [0.717, 1.165) is 17.5 Å². The Labute approximate surface area is 183 Å². The lowest BCUT2D eigenvalue weighted by Crippen LogP contribution is -2.40. The fourth-order valence-electron chi connectivity index (χ4n) is 5.04. The molecule has 0 radical (unpaired) electrons. The average Bonchev–Trinajstić information content (AvgIpc) is 2.79. The van der Waals surface area contributed by atoms with Crippen molar-refractivity contribution in [1.29, 1.82) is 0 Å². The minimum Gasteiger partial charge on any atom is -0.365 e. The molecule has 1 aliphatic carbocycles. The Morgan fingerprint density at radius 2 is 1.81 bits per heavy atom. The molecule has 0 spiro atoms. The number of hydrogen-bond donors (Lipinski definition) is 1. The van der Waals surface area contributed by atoms with Crippen molar-refractivity contribution in [3.05, 3.63) is 69.1 Å². The summed E-state index contributed by atoms with van der Waals surface area (Å²) in [5, 5.41) is 0. The molecule has 0 saturated heterocycles. The zero-order chi connectivity index (χ0) is 21.8. The van der Waals surface area contributed by atoms with E-state index in [1.54, 1.807) is 10.8 Å². The molecule has 2 aliphatic rings. The summed E-state index contributed by atoms with van der Waals surface area (Å²) in [6.45, 7) is 1.32. The van der Waals surface area contributed by atoms with Gasteiger partial charge in [-0.05, 0) is 35.4 Å². The van der Waals surface area contributed by atoms with E-state index in [1.165, 1.54) is 32.1 Å². The zero-order valence-electron chi connectivity index (χ0n) is 18.0. The molecule has 6 heteroatoms. The van der Waals surface area contributed by atoms with Crippen molar-refractivity contribution in [2.24, 2.45) is 11.7 Å². The zero-order valence-corrected chi connectivity index (χ0v) is 18.0. The maximum absolute atomic E-state index is 13.0. The number of aromatic nitrogens is 1. The van der Waals surface area contributed by atoms with E-state index < -0.39 is 5.91 Å². The number of nitrogens with two attached hydrogens (primary N) is 1. The van der Waals surface area contributed by atoms with Crippen molar-refractivity contribution in [3.8, 4) is 0 Å². The molecular formula is C25H31N3O3. The van der Waals surface area contributed by atoms with Gasteiger partial charge in [0.1, 0.15) is 5.56 Å². The summed E-state index contributed by atoms with van der Waals surface area (Å²) in [5.41, 5.74) is 7.83. The van der Waals surface area contributed by atoms with Gasteiger partial charge in [-0.25, -0.2) is 0 Å². The van der Waals surface area contributed by atoms with E-state index >= 15 is 0 Å². The smallest absolute Gasteiger partial charge is 0.264 e. The number of pyridine rings is 1. The van der Waals surface area contributed by atoms with E-state index in [1.807, 2.05) is 35.2 Å². The van der Waals surface area contributed by atoms with Crippen LogP contribution < -0.4 is 11.3 Å². The molecule has 2 N–H and O–H groups in total. The lowest BCUT2D eigenvalue weighted by Gasteiger charge is -2.31. The van der Waals surface area contributed by atoms with Gasteiger partial charge in [0, 0.05) is 25.7 Å². The molecule has 2 amide bonds. The number of carbonyl (C=O) groups excluding carboxylic acids is 2. The molecule has 2 aromatic rings. The Kier molecular flexibility index (Phi) is 6.54. The Hall–Kier alpha value is -2.89. The van der Waals surface area contributed by atoms with E-state index in [9.17, 15) is 14.4 Å². The number of hydrogen-bond acceptors (Lipinski definition) is 3. The third kappa shape index (κ3) is 4.89. The van der Waals surface area contributed by atoms with Gasteiger partial charge >= 0.3 is 0 Å². The fourth-order valence-corrected chi connectivity index (χ4v) is 5.04. The SMILES string of the molecule is NC(=O)c1c2c(cn(Cc3ccccc3)c1=O)CN(C(=O)CCC1CCCCC1)CC2. The molecule has 164 valence electrons. The van der Waals surface area contributed by atoms with Crippen LogP contribution in [0, 0.1) is 5.92 Å². The first kappa shape index (κ1) is 21.3. The van der Waals surface area contributed by atoms with Crippen LogP contribution in [-0.2, 0) is 24.3 Å². The highest BCUT2D eigenvalue weighted by molar-refractivity contribution is 5.94. The summed E-state index contributed by atoms with van der Waals surface area (Å²) in [5.74, 6) is 0.144. The highest BCUT2D eigenvalue weighted by atomic mass is 16.2. The average molecular weight is 422 g/mol. The molecule has 0 bridgehead atoms. The van der Waals surface area contributed by atoms with Gasteiger partial charge in [-0.3, -0.25) is 14.4 Å². The van der Waals surface area contributed by atoms with Crippen LogP contribution in [0.3, 0.4) is 0 Å². The quantitative estimate of drug-likeness (QED) is 0.777. The van der Waals surface area contributed by atoms with Crippen molar-refractivity contribution in [2.45, 2.75) is 64.5 Å². The fraction of sp³-hybridized carbons (Fsp3) is 0.480. The molecule has 6 nitrogen and oxygen atoms in total. The molecular weight excluding hydrogens is 390 g/mol. The Morgan fingerprint density at radius 1 is 1.06 bits per heavy atom. The number of nitrogens with zero attached hydrogens (tertiary/aromatic N) is 2. The monoisotopic (exact) mass is 421 g/mol. The first-order valence-corrected chi connectivity index (χ1v) is 11.4. The number of fused-ring (bicyclic) bond motifs is 1. The minimum atomic E-state index is -0.694. The Bertz CT molecular complexity index is 1010. The van der Waals surface area contributed by atoms with Crippen molar-refractivity contribution >= 4 is 11.8 Å². The van der Waals surface area contributed by atoms with Crippen molar-refractivity contribution in [2.75, 3.05) is 6.54 Å². The lowest BCUT2D eigenvalue weighted by molar-refractivity contribution is -0.132. The summed E-state index contributed by atoms with van der Waals surface area (Å²) >= 11 is 0. The number of carbonyl (C=O) groups is 2. The van der Waals surface area contributed by atoms with Crippen LogP contribution in [0.25, 0.3) is 0 Å². The molecule has 2 heterocycles. The molecule has 1 aromatic heterocycles. The standard InChI is InChI=1S/C25H31N3O3/c26-24(30)23-21-13-14-27(22(29)12-11-18-7-3-1-4-8-18)16-20(21)17-28(25(23)31)15-19-9-5-2-6-10-19/h2,5-6,9-10,17-18H,1,3-4,7-8,11-16H2,(H2,26,30). The number of primary amides is 1. The minimum absolute atomic E-state index is 0.0720. The maximum Gasteiger partial charge on any atom is 0.264 e. The first-order valence-electron chi connectivity index (χ1n) is 11.4. The van der Waals surface area contributed by atoms with E-state index in [4.69, 9.17) is 5.73 Å². The van der Waals surface area contributed by atoms with E-state index in [0.29, 0.717) is 44.0 Å². The largest absolute Gasteiger partial charge is 0.365 e. The van der Waals surface area contributed by atoms with Crippen LogP contribution in [0.4, 0.5) is 0 Å². The second-order valence-electron chi connectivity index (χ2n) is 8.90. The maximum atomic E-state index is 13.0. The van der Waals surface area contributed by atoms with Gasteiger partial charge in [0.2, 0.25) is 5.91 Å². The molecule has 1 aliphatic heterocycles. The third-order valence-corrected chi connectivity index (χ3v) is 6.75. The van der Waals surface area contributed by atoms with Crippen LogP contribution in [0.2, 0.25) is 0 Å². The molecule has 1 aromatic carbocycles. The van der Waals surface area contributed by atoms with Gasteiger partial charge in [0.15, 0.2) is 0 Å². The summed E-state index contributed by atoms with van der Waals surface area (Å²) in [7, 11) is 0. The first-order chi connectivity index (χ1) is 15.0. The predicted molar refractivity (Wildman–Crippen MR) is 120 cm³/mol. The molecule has 0 atom stereocenters. The van der Waals surface area contributed by atoms with Crippen LogP contribution in [0.15, 0.2) is 41.3 Å². The van der Waals surface area contributed by atoms with Crippen LogP contribution in [-0.4, -0.2) is 27.8 Å². The molecule has 1 saturated carbocycles. The highest BCUT2D eigenvalue weighted by Crippen LogP contribution is 2.28. The number of benzene rings is 1. The van der Waals surface area contributed by atoms with Crippen LogP contribution in [0.1, 0.15) is 72.0 Å². The van der Waals surface area contributed by atoms with Crippen LogP contribution >= 0.6 is 0 Å². The summed E-state index contributed by atoms with van der Waals surface area (Å²) in [4.78, 5) is 39.8. The van der Waals surface area contributed by atoms with Crippen molar-refractivity contribution < 1.29 is 9.59 Å². The normalized spacial score (nSPS) is 16.7. The van der Waals surface area contributed by atoms with Gasteiger partial charge in [-0.1, -0.05) is 62.4 Å². The van der Waals surface area contributed by atoms with Gasteiger partial charge in [-0.2, -0.15) is 0 Å². The van der Waals surface area contributed by atoms with Crippen molar-refractivity contribution in [3.63, 3.8) is 0 Å². The molecule has 0 unspecified atom stereocenters. The molecule has 1 fully saturated rings. The Balaban J connectivity index is 1.53. The lowest BCUT2D eigenvalue weighted by atomic mass is 9.86. The summed E-state index contributed by atoms with van der Waals surface area (Å²) in [6.07, 6.45) is 10.2. The highest BCUT2D eigenvalue weighted by Gasteiger charge is 2.27. The Morgan fingerprint density at radius 3 is 2.52 bits per heavy atom. The van der Waals surface area contributed by atoms with Crippen LogP contribution in [0.5, 0.6) is 0 Å². The van der Waals surface area contributed by atoms with Gasteiger partial charge in [0.25, 0.3) is 11.5 Å². The third-order valence-electron chi connectivity index (χ3n) is 6.75. The second-order valence-corrected chi connectivity index (χ2v) is 8.90. The molecule has 31 heavy (non-hydrogen) atoms. The topological polar surface area (TPSA) is 85.4 Å². The van der Waals surface area contributed by atoms with Gasteiger partial charge < -0.3 is 15.2 Å². The number of amides is 2. The van der Waals surface area contributed by atoms with Crippen molar-refractivity contribution in [1.82, 2.24) is 9.47 Å². The second kappa shape index (κ2) is 9.50. The summed E-state index contributed by atoms with van der Waals surface area (Å²) < 4.78 is 1.55. The van der Waals surface area contributed by atoms with Gasteiger partial charge in [-0.15, -0.1) is 0 Å². The molecule has 4 rings (SSSR count). The summed E-state index contributed by atoms with van der Waals surface area (Å²) in [6, 6.07) is 9.64. The van der Waals surface area contributed by atoms with E-state index in [-0.39, 0.29) is 17.0 Å². The van der Waals surface area contributed by atoms with E-state index in [2.05, 4.69) is 0 Å². The van der Waals surface area contributed by atoms with Gasteiger partial charge in [0.05, 0.1) is 6.54 Å².